The van der Waals surface area contributed by atoms with Gasteiger partial charge in [0.1, 0.15) is 5.41 Å². The molecule has 3 unspecified atom stereocenters. The molecular weight excluding hydrogens is 545 g/mol. The van der Waals surface area contributed by atoms with Gasteiger partial charge in [0.25, 0.3) is 0 Å². The van der Waals surface area contributed by atoms with E-state index in [2.05, 4.69) is 10.6 Å². The number of hydrogen-bond acceptors (Lipinski definition) is 8. The molecule has 7 nitrogen and oxygen atoms in total. The number of carbonyl (C=O) groups excluding carboxylic acids is 2. The summed E-state index contributed by atoms with van der Waals surface area (Å²) in [7, 11) is 0. The van der Waals surface area contributed by atoms with Crippen LogP contribution in [-0.4, -0.2) is 42.2 Å². The quantitative estimate of drug-likeness (QED) is 0.309. The van der Waals surface area contributed by atoms with Crippen molar-refractivity contribution in [2.75, 3.05) is 18.5 Å². The van der Waals surface area contributed by atoms with E-state index in [-0.39, 0.29) is 13.2 Å². The van der Waals surface area contributed by atoms with E-state index in [4.69, 9.17) is 37.7 Å². The molecule has 0 bridgehead atoms. The molecule has 0 saturated carbocycles. The summed E-state index contributed by atoms with van der Waals surface area (Å²) < 4.78 is 11.1. The summed E-state index contributed by atoms with van der Waals surface area (Å²) in [4.78, 5) is 32.1. The van der Waals surface area contributed by atoms with Crippen LogP contribution >= 0.6 is 34.5 Å². The second-order valence-electron chi connectivity index (χ2n) is 8.82. The summed E-state index contributed by atoms with van der Waals surface area (Å²) in [6, 6.07) is 13.3. The first-order chi connectivity index (χ1) is 18.2. The first-order valence-corrected chi connectivity index (χ1v) is 13.9. The third kappa shape index (κ3) is 5.13. The molecular formula is C28H29Cl2N3O4S. The van der Waals surface area contributed by atoms with Crippen LogP contribution in [0.2, 0.25) is 10.0 Å². The van der Waals surface area contributed by atoms with E-state index in [1.165, 1.54) is 11.3 Å². The fraction of sp³-hybridized carbons (Fsp3) is 0.321. The van der Waals surface area contributed by atoms with Gasteiger partial charge in [-0.1, -0.05) is 53.5 Å². The standard InChI is InChI=1S/C28H29Cl2N3O4S/c1-5-36-25(34)23-16(3)31-17(4)28(26(35)37-6-2,18-10-8-7-9-11-18)24(23)33-27-32-22(15-38-27)20-13-12-19(29)14-21(20)30/h7-15,17,24,31H,5-6H2,1-4H3,(H,32,33). The zero-order valence-electron chi connectivity index (χ0n) is 21.5. The van der Waals surface area contributed by atoms with Gasteiger partial charge in [-0.05, 0) is 51.5 Å². The molecule has 0 aliphatic carbocycles. The molecule has 1 aliphatic heterocycles. The van der Waals surface area contributed by atoms with E-state index < -0.39 is 29.4 Å². The predicted molar refractivity (Wildman–Crippen MR) is 152 cm³/mol. The Labute approximate surface area is 236 Å². The lowest BCUT2D eigenvalue weighted by molar-refractivity contribution is -0.152. The molecule has 4 rings (SSSR count). The van der Waals surface area contributed by atoms with Gasteiger partial charge >= 0.3 is 11.9 Å². The number of esters is 2. The van der Waals surface area contributed by atoms with E-state index >= 15 is 0 Å². The second kappa shape index (κ2) is 11.8. The molecule has 38 heavy (non-hydrogen) atoms. The smallest absolute Gasteiger partial charge is 0.337 e. The fourth-order valence-electron chi connectivity index (χ4n) is 4.95. The molecule has 0 fully saturated rings. The number of nitrogens with one attached hydrogen (secondary N) is 2. The molecule has 2 heterocycles. The highest BCUT2D eigenvalue weighted by atomic mass is 35.5. The largest absolute Gasteiger partial charge is 0.465 e. The van der Waals surface area contributed by atoms with E-state index in [9.17, 15) is 9.59 Å². The number of halogens is 2. The Morgan fingerprint density at radius 3 is 2.47 bits per heavy atom. The summed E-state index contributed by atoms with van der Waals surface area (Å²) in [6.07, 6.45) is 0. The molecule has 0 spiro atoms. The van der Waals surface area contributed by atoms with Gasteiger partial charge in [-0.15, -0.1) is 11.3 Å². The normalized spacial score (nSPS) is 21.0. The number of carbonyl (C=O) groups is 2. The highest BCUT2D eigenvalue weighted by molar-refractivity contribution is 7.14. The van der Waals surface area contributed by atoms with E-state index in [0.29, 0.717) is 37.7 Å². The number of hydrogen-bond donors (Lipinski definition) is 2. The number of rotatable bonds is 8. The monoisotopic (exact) mass is 573 g/mol. The Morgan fingerprint density at radius 1 is 1.11 bits per heavy atom. The average molecular weight is 575 g/mol. The van der Waals surface area contributed by atoms with E-state index in [0.717, 1.165) is 5.56 Å². The van der Waals surface area contributed by atoms with Crippen LogP contribution in [0, 0.1) is 0 Å². The van der Waals surface area contributed by atoms with Crippen LogP contribution in [0.5, 0.6) is 0 Å². The van der Waals surface area contributed by atoms with Gasteiger partial charge in [-0.3, -0.25) is 4.79 Å². The fourth-order valence-corrected chi connectivity index (χ4v) is 6.20. The van der Waals surface area contributed by atoms with Crippen molar-refractivity contribution in [3.05, 3.63) is 80.8 Å². The number of nitrogens with zero attached hydrogens (tertiary/aromatic N) is 1. The van der Waals surface area contributed by atoms with Gasteiger partial charge in [0.2, 0.25) is 0 Å². The zero-order valence-corrected chi connectivity index (χ0v) is 23.8. The highest BCUT2D eigenvalue weighted by Crippen LogP contribution is 2.43. The van der Waals surface area contributed by atoms with Crippen molar-refractivity contribution < 1.29 is 19.1 Å². The topological polar surface area (TPSA) is 89.5 Å². The number of aromatic nitrogens is 1. The summed E-state index contributed by atoms with van der Waals surface area (Å²) in [5, 5.41) is 10.1. The van der Waals surface area contributed by atoms with E-state index in [1.54, 1.807) is 39.0 Å². The first-order valence-electron chi connectivity index (χ1n) is 12.3. The molecule has 2 N–H and O–H groups in total. The van der Waals surface area contributed by atoms with Crippen LogP contribution in [-0.2, 0) is 24.5 Å². The minimum atomic E-state index is -1.32. The van der Waals surface area contributed by atoms with Gasteiger partial charge in [0, 0.05) is 27.7 Å². The molecule has 0 radical (unpaired) electrons. The summed E-state index contributed by atoms with van der Waals surface area (Å²) >= 11 is 13.8. The van der Waals surface area contributed by atoms with E-state index in [1.807, 2.05) is 42.6 Å². The van der Waals surface area contributed by atoms with Gasteiger partial charge in [-0.25, -0.2) is 9.78 Å². The zero-order chi connectivity index (χ0) is 27.4. The third-order valence-corrected chi connectivity index (χ3v) is 7.92. The SMILES string of the molecule is CCOC(=O)C1=C(C)NC(C)C(C(=O)OCC)(c2ccccc2)C1Nc1nc(-c2ccc(Cl)cc2Cl)cs1. The summed E-state index contributed by atoms with van der Waals surface area (Å²) in [5.41, 5.74) is 1.66. The van der Waals surface area contributed by atoms with Crippen molar-refractivity contribution in [1.29, 1.82) is 0 Å². The van der Waals surface area contributed by atoms with Crippen molar-refractivity contribution >= 4 is 51.6 Å². The molecule has 0 saturated heterocycles. The Balaban J connectivity index is 1.89. The van der Waals surface area contributed by atoms with Gasteiger partial charge in [0.15, 0.2) is 5.13 Å². The second-order valence-corrected chi connectivity index (χ2v) is 10.5. The highest BCUT2D eigenvalue weighted by Gasteiger charge is 2.58. The Bertz CT molecular complexity index is 1360. The lowest BCUT2D eigenvalue weighted by Gasteiger charge is -2.48. The predicted octanol–water partition coefficient (Wildman–Crippen LogP) is 6.23. The van der Waals surface area contributed by atoms with Crippen molar-refractivity contribution in [3.63, 3.8) is 0 Å². The molecule has 200 valence electrons. The lowest BCUT2D eigenvalue weighted by Crippen LogP contribution is -2.66. The molecule has 0 amide bonds. The third-order valence-electron chi connectivity index (χ3n) is 6.60. The Morgan fingerprint density at radius 2 is 1.82 bits per heavy atom. The van der Waals surface area contributed by atoms with Crippen LogP contribution in [0.25, 0.3) is 11.3 Å². The molecule has 10 heteroatoms. The van der Waals surface area contributed by atoms with Crippen molar-refractivity contribution in [2.24, 2.45) is 0 Å². The molecule has 3 aromatic rings. The maximum Gasteiger partial charge on any atom is 0.337 e. The summed E-state index contributed by atoms with van der Waals surface area (Å²) in [6.45, 7) is 7.58. The van der Waals surface area contributed by atoms with Crippen LogP contribution in [0.15, 0.2) is 65.2 Å². The number of thiazole rings is 1. The number of benzene rings is 2. The Kier molecular flexibility index (Phi) is 8.65. The first kappa shape index (κ1) is 28.0. The van der Waals surface area contributed by atoms with Gasteiger partial charge in [0.05, 0.1) is 35.5 Å². The van der Waals surface area contributed by atoms with Crippen LogP contribution in [0.1, 0.15) is 33.3 Å². The van der Waals surface area contributed by atoms with Crippen LogP contribution in [0.3, 0.4) is 0 Å². The molecule has 2 aromatic carbocycles. The number of anilines is 1. The molecule has 1 aliphatic rings. The number of ether oxygens (including phenoxy) is 2. The Hall–Kier alpha value is -3.07. The maximum atomic E-state index is 13.9. The van der Waals surface area contributed by atoms with Gasteiger partial charge < -0.3 is 20.1 Å². The van der Waals surface area contributed by atoms with Gasteiger partial charge in [-0.2, -0.15) is 0 Å². The molecule has 1 aromatic heterocycles. The minimum absolute atomic E-state index is 0.181. The summed E-state index contributed by atoms with van der Waals surface area (Å²) in [5.74, 6) is -0.987. The van der Waals surface area contributed by atoms with Crippen LogP contribution < -0.4 is 10.6 Å². The number of allylic oxidation sites excluding steroid dienone is 1. The maximum absolute atomic E-state index is 13.9. The lowest BCUT2D eigenvalue weighted by atomic mass is 9.64. The van der Waals surface area contributed by atoms with Crippen molar-refractivity contribution in [1.82, 2.24) is 10.3 Å². The minimum Gasteiger partial charge on any atom is -0.465 e. The average Bonchev–Trinajstić information content (AvgIpc) is 3.33. The van der Waals surface area contributed by atoms with Crippen molar-refractivity contribution in [2.45, 2.75) is 45.2 Å². The molecule has 3 atom stereocenters. The van der Waals surface area contributed by atoms with Crippen LogP contribution in [0.4, 0.5) is 5.13 Å². The van der Waals surface area contributed by atoms with Crippen molar-refractivity contribution in [3.8, 4) is 11.3 Å².